The molecule has 0 saturated carbocycles. The van der Waals surface area contributed by atoms with E-state index in [0.29, 0.717) is 25.9 Å². The van der Waals surface area contributed by atoms with E-state index < -0.39 is 22.3 Å². The number of nitrogens with zero attached hydrogens (tertiary/aromatic N) is 3. The van der Waals surface area contributed by atoms with Gasteiger partial charge in [0, 0.05) is 25.1 Å². The summed E-state index contributed by atoms with van der Waals surface area (Å²) in [6.45, 7) is 0.704. The normalized spacial score (nSPS) is 15.7. The molecule has 0 bridgehead atoms. The first-order valence-electron chi connectivity index (χ1n) is 6.15. The van der Waals surface area contributed by atoms with Crippen molar-refractivity contribution in [2.24, 2.45) is 5.92 Å². The maximum absolute atomic E-state index is 13.2. The number of rotatable bonds is 2. The van der Waals surface area contributed by atoms with Gasteiger partial charge in [0.25, 0.3) is 11.6 Å². The molecule has 0 atom stereocenters. The van der Waals surface area contributed by atoms with Crippen LogP contribution in [0, 0.1) is 33.2 Å². The van der Waals surface area contributed by atoms with Crippen LogP contribution in [-0.4, -0.2) is 28.8 Å². The number of carbonyl (C=O) groups excluding carboxylic acids is 1. The summed E-state index contributed by atoms with van der Waals surface area (Å²) >= 11 is 0. The van der Waals surface area contributed by atoms with Crippen LogP contribution < -0.4 is 0 Å². The molecule has 1 amide bonds. The molecule has 0 unspecified atom stereocenters. The molecule has 0 spiro atoms. The van der Waals surface area contributed by atoms with Crippen molar-refractivity contribution in [1.82, 2.24) is 4.90 Å². The molecule has 1 aromatic rings. The van der Waals surface area contributed by atoms with E-state index in [1.807, 2.05) is 0 Å². The van der Waals surface area contributed by atoms with Crippen molar-refractivity contribution in [3.05, 3.63) is 39.7 Å². The molecule has 2 rings (SSSR count). The molecule has 1 aromatic carbocycles. The minimum Gasteiger partial charge on any atom is -0.338 e. The predicted molar refractivity (Wildman–Crippen MR) is 67.3 cm³/mol. The van der Waals surface area contributed by atoms with E-state index in [9.17, 15) is 19.3 Å². The smallest absolute Gasteiger partial charge is 0.282 e. The van der Waals surface area contributed by atoms with Crippen molar-refractivity contribution < 1.29 is 14.1 Å². The van der Waals surface area contributed by atoms with Crippen molar-refractivity contribution in [2.45, 2.75) is 12.8 Å². The molecule has 1 saturated heterocycles. The number of amides is 1. The summed E-state index contributed by atoms with van der Waals surface area (Å²) in [4.78, 5) is 23.9. The lowest BCUT2D eigenvalue weighted by molar-refractivity contribution is -0.385. The molecule has 0 aromatic heterocycles. The summed E-state index contributed by atoms with van der Waals surface area (Å²) in [5.74, 6) is -1.35. The average molecular weight is 277 g/mol. The van der Waals surface area contributed by atoms with E-state index in [4.69, 9.17) is 5.26 Å². The van der Waals surface area contributed by atoms with Crippen molar-refractivity contribution in [3.8, 4) is 6.07 Å². The maximum atomic E-state index is 13.2. The Morgan fingerprint density at radius 1 is 1.45 bits per heavy atom. The van der Waals surface area contributed by atoms with E-state index in [1.54, 1.807) is 0 Å². The van der Waals surface area contributed by atoms with E-state index in [0.717, 1.165) is 18.2 Å². The molecule has 20 heavy (non-hydrogen) atoms. The molecule has 0 aliphatic carbocycles. The molecule has 0 N–H and O–H groups in total. The zero-order valence-electron chi connectivity index (χ0n) is 10.6. The van der Waals surface area contributed by atoms with Gasteiger partial charge in [0.2, 0.25) is 0 Å². The fourth-order valence-corrected chi connectivity index (χ4v) is 2.22. The summed E-state index contributed by atoms with van der Waals surface area (Å²) in [6.07, 6.45) is 1.07. The Kier molecular flexibility index (Phi) is 3.94. The second-order valence-electron chi connectivity index (χ2n) is 4.61. The third-order valence-electron chi connectivity index (χ3n) is 3.35. The number of halogens is 1. The van der Waals surface area contributed by atoms with Crippen molar-refractivity contribution in [1.29, 1.82) is 5.26 Å². The Hall–Kier alpha value is -2.49. The highest BCUT2D eigenvalue weighted by Crippen LogP contribution is 2.24. The number of piperidine rings is 1. The van der Waals surface area contributed by atoms with Crippen LogP contribution in [0.15, 0.2) is 18.2 Å². The quantitative estimate of drug-likeness (QED) is 0.611. The van der Waals surface area contributed by atoms with Gasteiger partial charge in [-0.3, -0.25) is 14.9 Å². The van der Waals surface area contributed by atoms with Crippen molar-refractivity contribution >= 4 is 11.6 Å². The molecule has 7 heteroatoms. The highest BCUT2D eigenvalue weighted by molar-refractivity contribution is 5.98. The van der Waals surface area contributed by atoms with E-state index in [-0.39, 0.29) is 11.5 Å². The summed E-state index contributed by atoms with van der Waals surface area (Å²) in [7, 11) is 0. The fraction of sp³-hybridized carbons (Fsp3) is 0.385. The summed E-state index contributed by atoms with van der Waals surface area (Å²) in [5.41, 5.74) is -0.649. The van der Waals surface area contributed by atoms with Gasteiger partial charge in [-0.1, -0.05) is 0 Å². The van der Waals surface area contributed by atoms with Gasteiger partial charge in [0.15, 0.2) is 0 Å². The summed E-state index contributed by atoms with van der Waals surface area (Å²) in [6, 6.07) is 4.97. The lowest BCUT2D eigenvalue weighted by Gasteiger charge is -2.29. The first-order valence-corrected chi connectivity index (χ1v) is 6.15. The van der Waals surface area contributed by atoms with Crippen molar-refractivity contribution in [3.63, 3.8) is 0 Å². The Labute approximate surface area is 114 Å². The number of benzene rings is 1. The number of nitro groups is 1. The van der Waals surface area contributed by atoms with Crippen LogP contribution in [0.2, 0.25) is 0 Å². The second kappa shape index (κ2) is 5.65. The SMILES string of the molecule is N#CC1CCN(C(=O)c2cc(F)ccc2[N+](=O)[O-])CC1. The van der Waals surface area contributed by atoms with Crippen LogP contribution in [0.3, 0.4) is 0 Å². The molecule has 1 heterocycles. The van der Waals surface area contributed by atoms with Gasteiger partial charge < -0.3 is 4.90 Å². The Balaban J connectivity index is 2.24. The van der Waals surface area contributed by atoms with E-state index in [2.05, 4.69) is 6.07 Å². The number of likely N-dealkylation sites (tertiary alicyclic amines) is 1. The monoisotopic (exact) mass is 277 g/mol. The zero-order chi connectivity index (χ0) is 14.7. The zero-order valence-corrected chi connectivity index (χ0v) is 10.6. The van der Waals surface area contributed by atoms with E-state index in [1.165, 1.54) is 4.90 Å². The van der Waals surface area contributed by atoms with Crippen LogP contribution in [-0.2, 0) is 0 Å². The molecular formula is C13H12FN3O3. The highest BCUT2D eigenvalue weighted by atomic mass is 19.1. The maximum Gasteiger partial charge on any atom is 0.282 e. The van der Waals surface area contributed by atoms with Crippen molar-refractivity contribution in [2.75, 3.05) is 13.1 Å². The Bertz CT molecular complexity index is 589. The first kappa shape index (κ1) is 13.9. The van der Waals surface area contributed by atoms with Gasteiger partial charge >= 0.3 is 0 Å². The molecular weight excluding hydrogens is 265 g/mol. The van der Waals surface area contributed by atoms with Gasteiger partial charge in [0.05, 0.1) is 11.0 Å². The standard InChI is InChI=1S/C13H12FN3O3/c14-10-1-2-12(17(19)20)11(7-10)13(18)16-5-3-9(8-15)4-6-16/h1-2,7,9H,3-6H2. The van der Waals surface area contributed by atoms with E-state index >= 15 is 0 Å². The molecule has 0 radical (unpaired) electrons. The van der Waals surface area contributed by atoms with Gasteiger partial charge in [-0.2, -0.15) is 5.26 Å². The fourth-order valence-electron chi connectivity index (χ4n) is 2.22. The first-order chi connectivity index (χ1) is 9.52. The minimum absolute atomic E-state index is 0.0958. The number of carbonyl (C=O) groups is 1. The highest BCUT2D eigenvalue weighted by Gasteiger charge is 2.28. The largest absolute Gasteiger partial charge is 0.338 e. The lowest BCUT2D eigenvalue weighted by Crippen LogP contribution is -2.38. The van der Waals surface area contributed by atoms with Gasteiger partial charge in [-0.15, -0.1) is 0 Å². The number of hydrogen-bond acceptors (Lipinski definition) is 4. The van der Waals surface area contributed by atoms with Gasteiger partial charge in [0.1, 0.15) is 11.4 Å². The number of hydrogen-bond donors (Lipinski definition) is 0. The van der Waals surface area contributed by atoms with Crippen LogP contribution in [0.4, 0.5) is 10.1 Å². The minimum atomic E-state index is -0.700. The van der Waals surface area contributed by atoms with Gasteiger partial charge in [-0.05, 0) is 25.0 Å². The molecule has 104 valence electrons. The topological polar surface area (TPSA) is 87.2 Å². The second-order valence-corrected chi connectivity index (χ2v) is 4.61. The lowest BCUT2D eigenvalue weighted by atomic mass is 9.98. The number of nitro benzene ring substituents is 1. The summed E-state index contributed by atoms with van der Waals surface area (Å²) < 4.78 is 13.2. The average Bonchev–Trinajstić information content (AvgIpc) is 2.46. The molecule has 1 aliphatic rings. The molecule has 1 fully saturated rings. The molecule has 1 aliphatic heterocycles. The third-order valence-corrected chi connectivity index (χ3v) is 3.35. The summed E-state index contributed by atoms with van der Waals surface area (Å²) in [5, 5.41) is 19.7. The Morgan fingerprint density at radius 3 is 2.65 bits per heavy atom. The van der Waals surface area contributed by atoms with Gasteiger partial charge in [-0.25, -0.2) is 4.39 Å². The van der Waals surface area contributed by atoms with Crippen LogP contribution in [0.1, 0.15) is 23.2 Å². The molecule has 6 nitrogen and oxygen atoms in total. The predicted octanol–water partition coefficient (Wildman–Crippen LogP) is 2.11. The number of nitriles is 1. The van der Waals surface area contributed by atoms with Crippen LogP contribution in [0.5, 0.6) is 0 Å². The van der Waals surface area contributed by atoms with Crippen LogP contribution in [0.25, 0.3) is 0 Å². The third kappa shape index (κ3) is 2.74. The van der Waals surface area contributed by atoms with Crippen LogP contribution >= 0.6 is 0 Å². The Morgan fingerprint density at radius 2 is 2.10 bits per heavy atom.